The Hall–Kier alpha value is -3.43. The minimum Gasteiger partial charge on any atom is -0.507 e. The monoisotopic (exact) mass is 497 g/mol. The summed E-state index contributed by atoms with van der Waals surface area (Å²) in [4.78, 5) is 16.8. The van der Waals surface area contributed by atoms with Crippen molar-refractivity contribution in [1.29, 1.82) is 0 Å². The van der Waals surface area contributed by atoms with Crippen molar-refractivity contribution < 1.29 is 19.1 Å². The van der Waals surface area contributed by atoms with Crippen molar-refractivity contribution in [2.75, 3.05) is 12.4 Å². The van der Waals surface area contributed by atoms with E-state index in [0.717, 1.165) is 5.56 Å². The highest BCUT2D eigenvalue weighted by atomic mass is 79.9. The van der Waals surface area contributed by atoms with E-state index in [1.165, 1.54) is 0 Å². The maximum Gasteiger partial charge on any atom is 0.257 e. The van der Waals surface area contributed by atoms with Crippen molar-refractivity contribution in [3.63, 3.8) is 0 Å². The molecule has 0 bridgehead atoms. The first-order chi connectivity index (χ1) is 14.9. The number of phenolic OH excluding ortho intramolecular Hbond substituents is 1. The van der Waals surface area contributed by atoms with Gasteiger partial charge in [0.1, 0.15) is 17.0 Å². The van der Waals surface area contributed by atoms with Gasteiger partial charge in [0.25, 0.3) is 5.91 Å². The zero-order chi connectivity index (χ0) is 22.0. The van der Waals surface area contributed by atoms with Gasteiger partial charge in [-0.1, -0.05) is 0 Å². The number of hydrogen-bond donors (Lipinski definition) is 3. The Morgan fingerprint density at radius 2 is 1.90 bits per heavy atom. The number of aromatic hydroxyl groups is 1. The molecule has 4 aromatic rings. The summed E-state index contributed by atoms with van der Waals surface area (Å²) < 4.78 is 11.4. The Bertz CT molecular complexity index is 1290. The minimum absolute atomic E-state index is 0.136. The molecule has 31 heavy (non-hydrogen) atoms. The zero-order valence-electron chi connectivity index (χ0n) is 16.2. The third kappa shape index (κ3) is 4.68. The van der Waals surface area contributed by atoms with E-state index in [1.807, 2.05) is 0 Å². The summed E-state index contributed by atoms with van der Waals surface area (Å²) in [5, 5.41) is 15.4. The number of fused-ring (bicyclic) bond motifs is 1. The standard InChI is InChI=1S/C22H16BrN3O4S/c1-29-15-6-2-12(3-7-15)20(28)26-22(31)24-14-5-9-19-17(11-14)25-21(30-19)13-4-8-18(27)16(23)10-13/h2-11,27H,1H3,(H2,24,26,28,31). The number of methoxy groups -OCH3 is 1. The molecule has 9 heteroatoms. The molecule has 1 amide bonds. The van der Waals surface area contributed by atoms with Gasteiger partial charge in [-0.2, -0.15) is 0 Å². The molecule has 1 heterocycles. The van der Waals surface area contributed by atoms with Crippen LogP contribution in [0, 0.1) is 0 Å². The smallest absolute Gasteiger partial charge is 0.257 e. The number of nitrogens with one attached hydrogen (secondary N) is 2. The van der Waals surface area contributed by atoms with Crippen LogP contribution in [0.5, 0.6) is 11.5 Å². The summed E-state index contributed by atoms with van der Waals surface area (Å²) in [7, 11) is 1.56. The Kier molecular flexibility index (Phi) is 5.88. The van der Waals surface area contributed by atoms with Gasteiger partial charge >= 0.3 is 0 Å². The molecule has 0 aliphatic rings. The molecule has 3 aromatic carbocycles. The molecule has 0 unspecified atom stereocenters. The molecule has 156 valence electrons. The fourth-order valence-corrected chi connectivity index (χ4v) is 3.44. The van der Waals surface area contributed by atoms with E-state index in [-0.39, 0.29) is 16.8 Å². The van der Waals surface area contributed by atoms with Gasteiger partial charge in [0.2, 0.25) is 5.89 Å². The van der Waals surface area contributed by atoms with Gasteiger partial charge in [-0.05, 0) is 88.8 Å². The lowest BCUT2D eigenvalue weighted by molar-refractivity contribution is 0.0977. The Morgan fingerprint density at radius 3 is 2.61 bits per heavy atom. The quantitative estimate of drug-likeness (QED) is 0.337. The van der Waals surface area contributed by atoms with E-state index in [9.17, 15) is 9.90 Å². The van der Waals surface area contributed by atoms with E-state index in [0.29, 0.717) is 38.5 Å². The van der Waals surface area contributed by atoms with Gasteiger partial charge in [-0.15, -0.1) is 0 Å². The van der Waals surface area contributed by atoms with E-state index in [1.54, 1.807) is 67.8 Å². The van der Waals surface area contributed by atoms with Crippen LogP contribution in [0.15, 0.2) is 69.6 Å². The van der Waals surface area contributed by atoms with Gasteiger partial charge in [0.15, 0.2) is 10.7 Å². The van der Waals surface area contributed by atoms with Crippen molar-refractivity contribution >= 4 is 56.0 Å². The van der Waals surface area contributed by atoms with Crippen molar-refractivity contribution in [2.45, 2.75) is 0 Å². The number of aromatic nitrogens is 1. The number of hydrogen-bond acceptors (Lipinski definition) is 6. The second kappa shape index (κ2) is 8.75. The maximum atomic E-state index is 12.3. The molecule has 0 radical (unpaired) electrons. The topological polar surface area (TPSA) is 96.6 Å². The third-order valence-electron chi connectivity index (χ3n) is 4.42. The molecular formula is C22H16BrN3O4S. The Morgan fingerprint density at radius 1 is 1.13 bits per heavy atom. The van der Waals surface area contributed by atoms with Gasteiger partial charge in [-0.3, -0.25) is 10.1 Å². The number of nitrogens with zero attached hydrogens (tertiary/aromatic N) is 1. The first-order valence-corrected chi connectivity index (χ1v) is 10.3. The van der Waals surface area contributed by atoms with E-state index >= 15 is 0 Å². The first kappa shape index (κ1) is 20.8. The lowest BCUT2D eigenvalue weighted by Gasteiger charge is -2.09. The highest BCUT2D eigenvalue weighted by Gasteiger charge is 2.12. The summed E-state index contributed by atoms with van der Waals surface area (Å²) in [6, 6.07) is 17.0. The van der Waals surface area contributed by atoms with E-state index in [2.05, 4.69) is 31.5 Å². The normalized spacial score (nSPS) is 10.6. The predicted molar refractivity (Wildman–Crippen MR) is 125 cm³/mol. The summed E-state index contributed by atoms with van der Waals surface area (Å²) >= 11 is 8.54. The molecule has 0 saturated heterocycles. The zero-order valence-corrected chi connectivity index (χ0v) is 18.6. The number of amides is 1. The molecule has 4 rings (SSSR count). The molecule has 0 spiro atoms. The van der Waals surface area contributed by atoms with Gasteiger partial charge in [0.05, 0.1) is 11.6 Å². The molecule has 7 nitrogen and oxygen atoms in total. The van der Waals surface area contributed by atoms with Crippen molar-refractivity contribution in [2.24, 2.45) is 0 Å². The number of thiocarbonyl (C=S) groups is 1. The summed E-state index contributed by atoms with van der Waals surface area (Å²) in [5.41, 5.74) is 3.05. The van der Waals surface area contributed by atoms with Crippen LogP contribution in [0.3, 0.4) is 0 Å². The number of benzene rings is 3. The van der Waals surface area contributed by atoms with Gasteiger partial charge < -0.3 is 19.6 Å². The molecule has 3 N–H and O–H groups in total. The average Bonchev–Trinajstić information content (AvgIpc) is 3.19. The van der Waals surface area contributed by atoms with Crippen LogP contribution >= 0.6 is 28.1 Å². The van der Waals surface area contributed by atoms with Crippen LogP contribution in [0.1, 0.15) is 10.4 Å². The van der Waals surface area contributed by atoms with E-state index < -0.39 is 0 Å². The number of oxazole rings is 1. The van der Waals surface area contributed by atoms with Gasteiger partial charge in [-0.25, -0.2) is 4.98 Å². The second-order valence-corrected chi connectivity index (χ2v) is 7.77. The Balaban J connectivity index is 1.47. The van der Waals surface area contributed by atoms with Crippen molar-refractivity contribution in [3.05, 3.63) is 70.7 Å². The molecule has 1 aromatic heterocycles. The summed E-state index contributed by atoms with van der Waals surface area (Å²) in [6.07, 6.45) is 0. The average molecular weight is 498 g/mol. The fourth-order valence-electron chi connectivity index (χ4n) is 2.85. The first-order valence-electron chi connectivity index (χ1n) is 9.09. The van der Waals surface area contributed by atoms with Crippen molar-refractivity contribution in [1.82, 2.24) is 10.3 Å². The van der Waals surface area contributed by atoms with Crippen LogP contribution in [-0.2, 0) is 0 Å². The predicted octanol–water partition coefficient (Wildman–Crippen LogP) is 5.10. The summed E-state index contributed by atoms with van der Waals surface area (Å²) in [5.74, 6) is 0.889. The SMILES string of the molecule is COc1ccc(C(=O)NC(=S)Nc2ccc3oc(-c4ccc(O)c(Br)c4)nc3c2)cc1. The lowest BCUT2D eigenvalue weighted by atomic mass is 10.2. The summed E-state index contributed by atoms with van der Waals surface area (Å²) in [6.45, 7) is 0. The largest absolute Gasteiger partial charge is 0.507 e. The molecule has 0 aliphatic heterocycles. The van der Waals surface area contributed by atoms with Crippen LogP contribution < -0.4 is 15.4 Å². The number of rotatable bonds is 4. The highest BCUT2D eigenvalue weighted by Crippen LogP contribution is 2.31. The number of anilines is 1. The fraction of sp³-hybridized carbons (Fsp3) is 0.0455. The van der Waals surface area contributed by atoms with Crippen LogP contribution in [-0.4, -0.2) is 28.2 Å². The van der Waals surface area contributed by atoms with Crippen molar-refractivity contribution in [3.8, 4) is 23.0 Å². The molecule has 0 aliphatic carbocycles. The van der Waals surface area contributed by atoms with Crippen LogP contribution in [0.4, 0.5) is 5.69 Å². The number of carbonyl (C=O) groups excluding carboxylic acids is 1. The van der Waals surface area contributed by atoms with E-state index in [4.69, 9.17) is 21.4 Å². The minimum atomic E-state index is -0.331. The maximum absolute atomic E-state index is 12.3. The van der Waals surface area contributed by atoms with Crippen LogP contribution in [0.25, 0.3) is 22.6 Å². The highest BCUT2D eigenvalue weighted by molar-refractivity contribution is 9.10. The Labute approximate surface area is 191 Å². The molecule has 0 saturated carbocycles. The molecular weight excluding hydrogens is 482 g/mol. The third-order valence-corrected chi connectivity index (χ3v) is 5.26. The molecule has 0 fully saturated rings. The molecule has 0 atom stereocenters. The number of ether oxygens (including phenoxy) is 1. The number of halogens is 1. The van der Waals surface area contributed by atoms with Gasteiger partial charge in [0, 0.05) is 16.8 Å². The van der Waals surface area contributed by atoms with Crippen LogP contribution in [0.2, 0.25) is 0 Å². The number of phenols is 1. The second-order valence-electron chi connectivity index (χ2n) is 6.50. The number of carbonyl (C=O) groups is 1. The lowest BCUT2D eigenvalue weighted by Crippen LogP contribution is -2.34.